The molecule has 0 aromatic heterocycles. The molecule has 0 saturated heterocycles. The average molecular weight is 232 g/mol. The maximum atomic E-state index is 4.23. The van der Waals surface area contributed by atoms with Crippen LogP contribution in [0.25, 0.3) is 0 Å². The van der Waals surface area contributed by atoms with Crippen LogP contribution in [0.15, 0.2) is 0 Å². The zero-order valence-electron chi connectivity index (χ0n) is 4.85. The topological polar surface area (TPSA) is 0 Å². The van der Waals surface area contributed by atoms with Crippen molar-refractivity contribution in [1.82, 2.24) is 0 Å². The van der Waals surface area contributed by atoms with Gasteiger partial charge in [0.05, 0.1) is 0 Å². The van der Waals surface area contributed by atoms with Crippen LogP contribution in [0.3, 0.4) is 0 Å². The van der Waals surface area contributed by atoms with Crippen LogP contribution in [-0.4, -0.2) is 5.25 Å². The maximum Gasteiger partial charge on any atom is 0.00115 e. The molecule has 0 fully saturated rings. The van der Waals surface area contributed by atoms with Crippen LogP contribution in [0.1, 0.15) is 26.7 Å². The van der Waals surface area contributed by atoms with E-state index < -0.39 is 0 Å². The van der Waals surface area contributed by atoms with E-state index in [1.807, 2.05) is 0 Å². The molecule has 0 aliphatic heterocycles. The van der Waals surface area contributed by atoms with Gasteiger partial charge in [-0.15, -0.1) is 24.0 Å². The van der Waals surface area contributed by atoms with Gasteiger partial charge in [-0.25, -0.2) is 0 Å². The smallest absolute Gasteiger partial charge is 0.00115 e. The highest BCUT2D eigenvalue weighted by Crippen LogP contribution is 2.02. The Morgan fingerprint density at radius 3 is 1.57 bits per heavy atom. The molecule has 0 aromatic rings. The highest BCUT2D eigenvalue weighted by atomic mass is 127. The molecule has 0 heterocycles. The molecule has 0 aliphatic rings. The third-order valence-electron chi connectivity index (χ3n) is 0.942. The summed E-state index contributed by atoms with van der Waals surface area (Å²) in [5.74, 6) is 0. The summed E-state index contributed by atoms with van der Waals surface area (Å²) in [5, 5.41) is 0.630. The van der Waals surface area contributed by atoms with Crippen molar-refractivity contribution in [2.75, 3.05) is 0 Å². The van der Waals surface area contributed by atoms with Crippen LogP contribution in [0.5, 0.6) is 0 Å². The predicted molar refractivity (Wildman–Crippen MR) is 48.8 cm³/mol. The standard InChI is InChI=1S/C5H12S.HI/c1-3-5(6)4-2;/h5-6H,3-4H2,1-2H3;1H. The Kier molecular flexibility index (Phi) is 11.1. The van der Waals surface area contributed by atoms with Gasteiger partial charge >= 0.3 is 0 Å². The lowest BCUT2D eigenvalue weighted by Gasteiger charge is -1.97. The second-order valence-corrected chi connectivity index (χ2v) is 2.20. The average Bonchev–Trinajstić information content (AvgIpc) is 1.65. The third-order valence-corrected chi connectivity index (χ3v) is 1.67. The number of hydrogen-bond acceptors (Lipinski definition) is 1. The van der Waals surface area contributed by atoms with E-state index in [1.54, 1.807) is 0 Å². The fraction of sp³-hybridized carbons (Fsp3) is 1.00. The lowest BCUT2D eigenvalue weighted by Crippen LogP contribution is -1.89. The Balaban J connectivity index is 0. The summed E-state index contributed by atoms with van der Waals surface area (Å²) >= 11 is 4.23. The molecule has 46 valence electrons. The SMILES string of the molecule is CCC(S)CC.I. The van der Waals surface area contributed by atoms with Gasteiger partial charge in [-0.05, 0) is 12.8 Å². The van der Waals surface area contributed by atoms with Crippen LogP contribution in [0.4, 0.5) is 0 Å². The zero-order valence-corrected chi connectivity index (χ0v) is 8.07. The van der Waals surface area contributed by atoms with Crippen molar-refractivity contribution in [3.63, 3.8) is 0 Å². The highest BCUT2D eigenvalue weighted by Gasteiger charge is 1.89. The predicted octanol–water partition coefficient (Wildman–Crippen LogP) is 2.72. The molecule has 0 amide bonds. The number of halogens is 1. The second kappa shape index (κ2) is 7.08. The van der Waals surface area contributed by atoms with Crippen molar-refractivity contribution < 1.29 is 0 Å². The zero-order chi connectivity index (χ0) is 4.99. The van der Waals surface area contributed by atoms with Crippen molar-refractivity contribution in [3.8, 4) is 0 Å². The normalized spacial score (nSPS) is 8.57. The minimum atomic E-state index is 0. The first-order chi connectivity index (χ1) is 2.81. The summed E-state index contributed by atoms with van der Waals surface area (Å²) in [7, 11) is 0. The number of hydrogen-bond donors (Lipinski definition) is 1. The van der Waals surface area contributed by atoms with E-state index in [0.717, 1.165) is 0 Å². The molecular formula is C5H13IS. The molecule has 0 saturated carbocycles. The highest BCUT2D eigenvalue weighted by molar-refractivity contribution is 14.0. The van der Waals surface area contributed by atoms with Crippen molar-refractivity contribution in [2.45, 2.75) is 31.9 Å². The Morgan fingerprint density at radius 2 is 1.57 bits per heavy atom. The van der Waals surface area contributed by atoms with E-state index in [2.05, 4.69) is 26.5 Å². The molecule has 0 aromatic carbocycles. The molecule has 0 bridgehead atoms. The molecule has 0 spiro atoms. The van der Waals surface area contributed by atoms with E-state index >= 15 is 0 Å². The van der Waals surface area contributed by atoms with Gasteiger partial charge < -0.3 is 0 Å². The van der Waals surface area contributed by atoms with Crippen molar-refractivity contribution in [2.24, 2.45) is 0 Å². The second-order valence-electron chi connectivity index (χ2n) is 1.47. The molecule has 0 rings (SSSR count). The fourth-order valence-corrected chi connectivity index (χ4v) is 0.289. The van der Waals surface area contributed by atoms with Gasteiger partial charge in [0.15, 0.2) is 0 Å². The van der Waals surface area contributed by atoms with Crippen LogP contribution in [0, 0.1) is 0 Å². The van der Waals surface area contributed by atoms with Crippen LogP contribution in [0.2, 0.25) is 0 Å². The van der Waals surface area contributed by atoms with Gasteiger partial charge in [0.25, 0.3) is 0 Å². The molecular weight excluding hydrogens is 219 g/mol. The van der Waals surface area contributed by atoms with Crippen molar-refractivity contribution in [3.05, 3.63) is 0 Å². The van der Waals surface area contributed by atoms with Gasteiger partial charge in [-0.1, -0.05) is 13.8 Å². The molecule has 0 N–H and O–H groups in total. The van der Waals surface area contributed by atoms with E-state index in [0.29, 0.717) is 5.25 Å². The van der Waals surface area contributed by atoms with E-state index in [1.165, 1.54) is 12.8 Å². The number of rotatable bonds is 2. The quantitative estimate of drug-likeness (QED) is 0.549. The first-order valence-electron chi connectivity index (χ1n) is 2.49. The Bertz CT molecular complexity index is 27.3. The van der Waals surface area contributed by atoms with Crippen LogP contribution >= 0.6 is 36.6 Å². The Hall–Kier alpha value is 1.08. The summed E-state index contributed by atoms with van der Waals surface area (Å²) in [6.07, 6.45) is 2.39. The van der Waals surface area contributed by atoms with Gasteiger partial charge in [-0.3, -0.25) is 0 Å². The molecule has 0 unspecified atom stereocenters. The lowest BCUT2D eigenvalue weighted by molar-refractivity contribution is 0.798. The van der Waals surface area contributed by atoms with Crippen molar-refractivity contribution in [1.29, 1.82) is 0 Å². The van der Waals surface area contributed by atoms with Gasteiger partial charge in [0.1, 0.15) is 0 Å². The van der Waals surface area contributed by atoms with Crippen molar-refractivity contribution >= 4 is 36.6 Å². The minimum Gasteiger partial charge on any atom is -0.176 e. The Morgan fingerprint density at radius 1 is 1.29 bits per heavy atom. The van der Waals surface area contributed by atoms with Gasteiger partial charge in [0.2, 0.25) is 0 Å². The fourth-order valence-electron chi connectivity index (χ4n) is 0.289. The summed E-state index contributed by atoms with van der Waals surface area (Å²) in [6, 6.07) is 0. The van der Waals surface area contributed by atoms with E-state index in [9.17, 15) is 0 Å². The Labute approximate surface area is 68.5 Å². The van der Waals surface area contributed by atoms with Gasteiger partial charge in [0, 0.05) is 5.25 Å². The first-order valence-corrected chi connectivity index (χ1v) is 3.01. The molecule has 2 heteroatoms. The molecule has 7 heavy (non-hydrogen) atoms. The lowest BCUT2D eigenvalue weighted by atomic mass is 10.3. The van der Waals surface area contributed by atoms with E-state index in [-0.39, 0.29) is 24.0 Å². The number of thiol groups is 1. The monoisotopic (exact) mass is 232 g/mol. The molecule has 0 aliphatic carbocycles. The summed E-state index contributed by atoms with van der Waals surface area (Å²) in [6.45, 7) is 4.31. The summed E-state index contributed by atoms with van der Waals surface area (Å²) < 4.78 is 0. The van der Waals surface area contributed by atoms with Crippen LogP contribution in [-0.2, 0) is 0 Å². The molecule has 0 radical (unpaired) electrons. The third kappa shape index (κ3) is 7.08. The molecule has 0 atom stereocenters. The van der Waals surface area contributed by atoms with Gasteiger partial charge in [-0.2, -0.15) is 12.6 Å². The van der Waals surface area contributed by atoms with E-state index in [4.69, 9.17) is 0 Å². The molecule has 0 nitrogen and oxygen atoms in total. The summed E-state index contributed by atoms with van der Waals surface area (Å²) in [4.78, 5) is 0. The minimum absolute atomic E-state index is 0. The largest absolute Gasteiger partial charge is 0.176 e. The first kappa shape index (κ1) is 11.0. The summed E-state index contributed by atoms with van der Waals surface area (Å²) in [5.41, 5.74) is 0. The van der Waals surface area contributed by atoms with Crippen LogP contribution < -0.4 is 0 Å². The maximum absolute atomic E-state index is 4.23.